The highest BCUT2D eigenvalue weighted by Crippen LogP contribution is 2.19. The molecule has 0 bridgehead atoms. The number of hydrogen-bond acceptors (Lipinski definition) is 0. The fourth-order valence-electron chi connectivity index (χ4n) is 2.24. The zero-order valence-corrected chi connectivity index (χ0v) is 15.9. The van der Waals surface area contributed by atoms with Gasteiger partial charge in [-0.2, -0.15) is 0 Å². The van der Waals surface area contributed by atoms with Crippen LogP contribution >= 0.6 is 0 Å². The number of rotatable bonds is 3. The number of benzene rings is 2. The first-order valence-electron chi connectivity index (χ1n) is 8.50. The van der Waals surface area contributed by atoms with Crippen molar-refractivity contribution in [2.24, 2.45) is 0 Å². The molecule has 0 N–H and O–H groups in total. The van der Waals surface area contributed by atoms with E-state index < -0.39 is 0 Å². The molecule has 0 aromatic heterocycles. The summed E-state index contributed by atoms with van der Waals surface area (Å²) in [6.45, 7) is 12.6. The van der Waals surface area contributed by atoms with Gasteiger partial charge >= 0.3 is 0 Å². The van der Waals surface area contributed by atoms with E-state index in [4.69, 9.17) is 0 Å². The third kappa shape index (κ3) is 7.78. The van der Waals surface area contributed by atoms with E-state index in [0.717, 1.165) is 0 Å². The zero-order valence-electron chi connectivity index (χ0n) is 15.9. The lowest BCUT2D eigenvalue weighted by atomic mass is 10.0. The first-order chi connectivity index (χ1) is 11.4. The highest BCUT2D eigenvalue weighted by Gasteiger charge is 1.95. The van der Waals surface area contributed by atoms with Crippen LogP contribution in [-0.2, 0) is 0 Å². The topological polar surface area (TPSA) is 0 Å². The predicted octanol–water partition coefficient (Wildman–Crippen LogP) is 7.45. The first kappa shape index (κ1) is 19.7. The Bertz CT molecular complexity index is 645. The lowest BCUT2D eigenvalue weighted by Gasteiger charge is -2.02. The molecule has 0 saturated heterocycles. The third-order valence-corrected chi connectivity index (χ3v) is 3.50. The van der Waals surface area contributed by atoms with Gasteiger partial charge in [0.05, 0.1) is 0 Å². The molecule has 2 aromatic carbocycles. The summed E-state index contributed by atoms with van der Waals surface area (Å²) in [7, 11) is 0. The van der Waals surface area contributed by atoms with Crippen molar-refractivity contribution in [3.05, 3.63) is 95.1 Å². The Morgan fingerprint density at radius 2 is 1.12 bits per heavy atom. The molecule has 2 rings (SSSR count). The molecule has 0 aliphatic carbocycles. The van der Waals surface area contributed by atoms with Crippen LogP contribution in [0.25, 0.3) is 11.1 Å². The summed E-state index contributed by atoms with van der Waals surface area (Å²) in [5, 5.41) is 0. The van der Waals surface area contributed by atoms with Crippen LogP contribution in [0.1, 0.15) is 38.8 Å². The van der Waals surface area contributed by atoms with Gasteiger partial charge in [-0.25, -0.2) is 0 Å². The molecule has 0 aliphatic heterocycles. The molecule has 0 amide bonds. The molecule has 24 heavy (non-hydrogen) atoms. The van der Waals surface area contributed by atoms with E-state index in [1.807, 2.05) is 13.0 Å². The average Bonchev–Trinajstić information content (AvgIpc) is 2.54. The van der Waals surface area contributed by atoms with Gasteiger partial charge in [0.15, 0.2) is 0 Å². The Labute approximate surface area is 148 Å². The van der Waals surface area contributed by atoms with Crippen LogP contribution < -0.4 is 0 Å². The van der Waals surface area contributed by atoms with Crippen LogP contribution in [0.2, 0.25) is 0 Å². The van der Waals surface area contributed by atoms with Gasteiger partial charge in [-0.05, 0) is 52.7 Å². The fourth-order valence-corrected chi connectivity index (χ4v) is 2.24. The van der Waals surface area contributed by atoms with Crippen molar-refractivity contribution in [3.8, 4) is 11.1 Å². The Morgan fingerprint density at radius 1 is 0.708 bits per heavy atom. The minimum Gasteiger partial charge on any atom is -0.0877 e. The van der Waals surface area contributed by atoms with Gasteiger partial charge in [-0.15, -0.1) is 0 Å². The Balaban J connectivity index is 0.000000257. The summed E-state index contributed by atoms with van der Waals surface area (Å²) in [5.41, 5.74) is 7.84. The molecule has 0 aliphatic rings. The standard InChI is InChI=1S/C14H14.C10H16/c1-11-3-7-13(8-4-11)14-9-5-12(2)6-10-14;1-5-6-7-10(4)8-9(2)3/h3-10H,1-2H3;5-8H,1-4H3/b;6-5-,10-7-. The van der Waals surface area contributed by atoms with Gasteiger partial charge in [-0.3, -0.25) is 0 Å². The second kappa shape index (κ2) is 10.4. The molecule has 2 aromatic rings. The summed E-state index contributed by atoms with van der Waals surface area (Å²) in [4.78, 5) is 0. The van der Waals surface area contributed by atoms with Crippen molar-refractivity contribution in [1.29, 1.82) is 0 Å². The Hall–Kier alpha value is -2.34. The van der Waals surface area contributed by atoms with Crippen LogP contribution in [0, 0.1) is 13.8 Å². The molecule has 0 saturated carbocycles. The highest BCUT2D eigenvalue weighted by atomic mass is 14.0. The maximum absolute atomic E-state index is 2.17. The molecule has 0 radical (unpaired) electrons. The SMILES string of the molecule is C/C=C\C=C(\C)C=C(C)C.Cc1ccc(-c2ccc(C)cc2)cc1. The minimum atomic E-state index is 1.29. The number of allylic oxidation sites excluding steroid dienone is 6. The molecule has 0 heteroatoms. The van der Waals surface area contributed by atoms with Gasteiger partial charge in [-0.1, -0.05) is 95.1 Å². The highest BCUT2D eigenvalue weighted by molar-refractivity contribution is 5.63. The molecule has 0 atom stereocenters. The van der Waals surface area contributed by atoms with Gasteiger partial charge in [0.2, 0.25) is 0 Å². The van der Waals surface area contributed by atoms with E-state index in [1.54, 1.807) is 0 Å². The summed E-state index contributed by atoms with van der Waals surface area (Å²) in [6.07, 6.45) is 8.35. The smallest absolute Gasteiger partial charge is 0.0184 e. The maximum Gasteiger partial charge on any atom is -0.0184 e. The summed E-state index contributed by atoms with van der Waals surface area (Å²) >= 11 is 0. The van der Waals surface area contributed by atoms with E-state index in [1.165, 1.54) is 33.4 Å². The molecule has 0 unspecified atom stereocenters. The number of aryl methyl sites for hydroxylation is 2. The van der Waals surface area contributed by atoms with Crippen molar-refractivity contribution in [2.45, 2.75) is 41.5 Å². The summed E-state index contributed by atoms with van der Waals surface area (Å²) in [6, 6.07) is 17.3. The van der Waals surface area contributed by atoms with Crippen LogP contribution in [0.3, 0.4) is 0 Å². The average molecular weight is 319 g/mol. The van der Waals surface area contributed by atoms with Crippen molar-refractivity contribution < 1.29 is 0 Å². The van der Waals surface area contributed by atoms with Gasteiger partial charge < -0.3 is 0 Å². The fraction of sp³-hybridized carbons (Fsp3) is 0.250. The summed E-state index contributed by atoms with van der Waals surface area (Å²) < 4.78 is 0. The molecule has 0 spiro atoms. The van der Waals surface area contributed by atoms with E-state index >= 15 is 0 Å². The van der Waals surface area contributed by atoms with Crippen molar-refractivity contribution in [2.75, 3.05) is 0 Å². The minimum absolute atomic E-state index is 1.29. The first-order valence-corrected chi connectivity index (χ1v) is 8.50. The third-order valence-electron chi connectivity index (χ3n) is 3.50. The van der Waals surface area contributed by atoms with E-state index in [2.05, 4.69) is 101 Å². The monoisotopic (exact) mass is 318 g/mol. The van der Waals surface area contributed by atoms with E-state index in [-0.39, 0.29) is 0 Å². The molecule has 0 nitrogen and oxygen atoms in total. The van der Waals surface area contributed by atoms with Crippen molar-refractivity contribution in [1.82, 2.24) is 0 Å². The lowest BCUT2D eigenvalue weighted by Crippen LogP contribution is -1.78. The summed E-state index contributed by atoms with van der Waals surface area (Å²) in [5.74, 6) is 0. The van der Waals surface area contributed by atoms with Crippen molar-refractivity contribution >= 4 is 0 Å². The molecular weight excluding hydrogens is 288 g/mol. The maximum atomic E-state index is 2.17. The van der Waals surface area contributed by atoms with E-state index in [9.17, 15) is 0 Å². The van der Waals surface area contributed by atoms with E-state index in [0.29, 0.717) is 0 Å². The van der Waals surface area contributed by atoms with Crippen LogP contribution in [-0.4, -0.2) is 0 Å². The largest absolute Gasteiger partial charge is 0.0877 e. The molecule has 0 heterocycles. The second-order valence-electron chi connectivity index (χ2n) is 6.39. The van der Waals surface area contributed by atoms with Crippen molar-refractivity contribution in [3.63, 3.8) is 0 Å². The number of hydrogen-bond donors (Lipinski definition) is 0. The molecular formula is C24H30. The quantitative estimate of drug-likeness (QED) is 0.516. The molecule has 0 fully saturated rings. The van der Waals surface area contributed by atoms with Crippen LogP contribution in [0.4, 0.5) is 0 Å². The second-order valence-corrected chi connectivity index (χ2v) is 6.39. The zero-order chi connectivity index (χ0) is 17.9. The predicted molar refractivity (Wildman–Crippen MR) is 109 cm³/mol. The van der Waals surface area contributed by atoms with Crippen LogP contribution in [0.15, 0.2) is 84.0 Å². The Morgan fingerprint density at radius 3 is 1.46 bits per heavy atom. The lowest BCUT2D eigenvalue weighted by molar-refractivity contribution is 1.35. The van der Waals surface area contributed by atoms with Gasteiger partial charge in [0, 0.05) is 0 Å². The Kier molecular flexibility index (Phi) is 8.57. The molecule has 126 valence electrons. The van der Waals surface area contributed by atoms with Gasteiger partial charge in [0.1, 0.15) is 0 Å². The van der Waals surface area contributed by atoms with Crippen LogP contribution in [0.5, 0.6) is 0 Å². The van der Waals surface area contributed by atoms with Gasteiger partial charge in [0.25, 0.3) is 0 Å². The normalized spacial score (nSPS) is 11.0.